The SMILES string of the molecule is CNC(=O)[C@H](C)N(Cc1c(Cl)cccc1Cl)C(=O)CN(c1ccc(OC)c(Cl)c1)S(=O)(=O)c1ccc(C)cc1. The van der Waals surface area contributed by atoms with E-state index < -0.39 is 34.4 Å². The Labute approximate surface area is 243 Å². The van der Waals surface area contributed by atoms with Crippen LogP contribution in [0.15, 0.2) is 65.6 Å². The summed E-state index contributed by atoms with van der Waals surface area (Å²) in [6.07, 6.45) is 0. The molecule has 0 aromatic heterocycles. The minimum Gasteiger partial charge on any atom is -0.495 e. The van der Waals surface area contributed by atoms with Gasteiger partial charge in [0.05, 0.1) is 22.7 Å². The smallest absolute Gasteiger partial charge is 0.264 e. The van der Waals surface area contributed by atoms with Gasteiger partial charge >= 0.3 is 0 Å². The third kappa shape index (κ3) is 6.97. The molecule has 0 fully saturated rings. The molecule has 0 aliphatic rings. The Kier molecular flexibility index (Phi) is 10.1. The lowest BCUT2D eigenvalue weighted by Gasteiger charge is -2.32. The minimum atomic E-state index is -4.24. The van der Waals surface area contributed by atoms with Gasteiger partial charge in [-0.25, -0.2) is 8.42 Å². The van der Waals surface area contributed by atoms with Crippen LogP contribution in [0.3, 0.4) is 0 Å². The number of carbonyl (C=O) groups is 2. The van der Waals surface area contributed by atoms with Gasteiger partial charge in [-0.1, -0.05) is 58.6 Å². The number of benzene rings is 3. The summed E-state index contributed by atoms with van der Waals surface area (Å²) in [6.45, 7) is 2.60. The van der Waals surface area contributed by atoms with E-state index in [4.69, 9.17) is 39.5 Å². The Hall–Kier alpha value is -2.98. The van der Waals surface area contributed by atoms with Crippen molar-refractivity contribution in [2.45, 2.75) is 31.3 Å². The number of carbonyl (C=O) groups excluding carboxylic acids is 2. The molecule has 0 heterocycles. The normalized spacial score (nSPS) is 12.0. The van der Waals surface area contributed by atoms with Gasteiger partial charge in [-0.3, -0.25) is 13.9 Å². The highest BCUT2D eigenvalue weighted by atomic mass is 35.5. The standard InChI is InChI=1S/C27H28Cl3N3O5S/c1-17-8-11-20(12-9-17)39(36,37)33(19-10-13-25(38-4)24(30)14-19)16-26(34)32(18(2)27(35)31-3)15-21-22(28)6-5-7-23(21)29/h5-14,18H,15-16H2,1-4H3,(H,31,35)/t18-/m0/s1. The Bertz CT molecular complexity index is 1450. The van der Waals surface area contributed by atoms with E-state index in [-0.39, 0.29) is 22.2 Å². The maximum absolute atomic E-state index is 13.9. The van der Waals surface area contributed by atoms with E-state index in [2.05, 4.69) is 5.32 Å². The van der Waals surface area contributed by atoms with Crippen LogP contribution in [0.2, 0.25) is 15.1 Å². The Morgan fingerprint density at radius 1 is 0.974 bits per heavy atom. The molecule has 3 aromatic carbocycles. The average Bonchev–Trinajstić information content (AvgIpc) is 2.90. The number of amides is 2. The molecule has 0 aliphatic carbocycles. The quantitative estimate of drug-likeness (QED) is 0.334. The van der Waals surface area contributed by atoms with Gasteiger partial charge in [-0.05, 0) is 56.3 Å². The molecule has 0 aliphatic heterocycles. The second-order valence-corrected chi connectivity index (χ2v) is 11.7. The molecule has 0 bridgehead atoms. The number of hydrogen-bond acceptors (Lipinski definition) is 5. The van der Waals surface area contributed by atoms with E-state index in [1.54, 1.807) is 30.3 Å². The zero-order valence-electron chi connectivity index (χ0n) is 21.7. The molecular weight excluding hydrogens is 585 g/mol. The molecule has 3 aromatic rings. The molecule has 0 radical (unpaired) electrons. The lowest BCUT2D eigenvalue weighted by Crippen LogP contribution is -2.50. The van der Waals surface area contributed by atoms with Crippen molar-refractivity contribution in [3.63, 3.8) is 0 Å². The number of anilines is 1. The average molecular weight is 613 g/mol. The topological polar surface area (TPSA) is 96.0 Å². The highest BCUT2D eigenvalue weighted by Crippen LogP contribution is 2.33. The highest BCUT2D eigenvalue weighted by molar-refractivity contribution is 7.92. The van der Waals surface area contributed by atoms with Gasteiger partial charge in [0.25, 0.3) is 10.0 Å². The summed E-state index contributed by atoms with van der Waals surface area (Å²) in [7, 11) is -1.37. The van der Waals surface area contributed by atoms with Crippen molar-refractivity contribution in [3.05, 3.63) is 86.9 Å². The van der Waals surface area contributed by atoms with E-state index in [0.29, 0.717) is 21.4 Å². The predicted molar refractivity (Wildman–Crippen MR) is 154 cm³/mol. The van der Waals surface area contributed by atoms with Crippen molar-refractivity contribution in [3.8, 4) is 5.75 Å². The van der Waals surface area contributed by atoms with Gasteiger partial charge in [0.2, 0.25) is 11.8 Å². The maximum Gasteiger partial charge on any atom is 0.264 e. The monoisotopic (exact) mass is 611 g/mol. The number of nitrogens with one attached hydrogen (secondary N) is 1. The van der Waals surface area contributed by atoms with Gasteiger partial charge in [0, 0.05) is 29.2 Å². The summed E-state index contributed by atoms with van der Waals surface area (Å²) in [5, 5.41) is 3.28. The molecule has 12 heteroatoms. The van der Waals surface area contributed by atoms with Crippen molar-refractivity contribution in [2.24, 2.45) is 0 Å². The number of sulfonamides is 1. The van der Waals surface area contributed by atoms with E-state index in [0.717, 1.165) is 9.87 Å². The second kappa shape index (κ2) is 12.9. The lowest BCUT2D eigenvalue weighted by atomic mass is 10.1. The van der Waals surface area contributed by atoms with Gasteiger partial charge < -0.3 is 15.0 Å². The minimum absolute atomic E-state index is 0.0205. The summed E-state index contributed by atoms with van der Waals surface area (Å²) in [6, 6.07) is 14.5. The van der Waals surface area contributed by atoms with Crippen LogP contribution in [0.5, 0.6) is 5.75 Å². The zero-order chi connectivity index (χ0) is 28.9. The molecule has 208 valence electrons. The Morgan fingerprint density at radius 3 is 2.13 bits per heavy atom. The van der Waals surface area contributed by atoms with Crippen LogP contribution < -0.4 is 14.4 Å². The first-order chi connectivity index (χ1) is 18.4. The van der Waals surface area contributed by atoms with Crippen LogP contribution in [0.1, 0.15) is 18.1 Å². The molecule has 1 atom stereocenters. The van der Waals surface area contributed by atoms with E-state index in [9.17, 15) is 18.0 Å². The summed E-state index contributed by atoms with van der Waals surface area (Å²) >= 11 is 19.0. The number of rotatable bonds is 10. The van der Waals surface area contributed by atoms with Crippen molar-refractivity contribution in [2.75, 3.05) is 25.0 Å². The maximum atomic E-state index is 13.9. The summed E-state index contributed by atoms with van der Waals surface area (Å²) < 4.78 is 33.9. The van der Waals surface area contributed by atoms with Crippen LogP contribution in [-0.4, -0.2) is 51.9 Å². The molecule has 0 saturated carbocycles. The molecule has 3 rings (SSSR count). The molecule has 2 amide bonds. The highest BCUT2D eigenvalue weighted by Gasteiger charge is 2.33. The fraction of sp³-hybridized carbons (Fsp3) is 0.259. The van der Waals surface area contributed by atoms with Crippen molar-refractivity contribution in [1.82, 2.24) is 10.2 Å². The van der Waals surface area contributed by atoms with Gasteiger partial charge in [-0.2, -0.15) is 0 Å². The fourth-order valence-electron chi connectivity index (χ4n) is 3.82. The fourth-order valence-corrected chi connectivity index (χ4v) is 6.00. The molecular formula is C27H28Cl3N3O5S. The summed E-state index contributed by atoms with van der Waals surface area (Å²) in [5.41, 5.74) is 1.43. The van der Waals surface area contributed by atoms with E-state index in [1.165, 1.54) is 56.3 Å². The van der Waals surface area contributed by atoms with Crippen LogP contribution in [0, 0.1) is 6.92 Å². The van der Waals surface area contributed by atoms with Crippen molar-refractivity contribution >= 4 is 62.3 Å². The van der Waals surface area contributed by atoms with Crippen molar-refractivity contribution < 1.29 is 22.7 Å². The molecule has 1 N–H and O–H groups in total. The molecule has 0 saturated heterocycles. The summed E-state index contributed by atoms with van der Waals surface area (Å²) in [5.74, 6) is -0.778. The third-order valence-electron chi connectivity index (χ3n) is 6.12. The summed E-state index contributed by atoms with van der Waals surface area (Å²) in [4.78, 5) is 27.7. The lowest BCUT2D eigenvalue weighted by molar-refractivity contribution is -0.139. The predicted octanol–water partition coefficient (Wildman–Crippen LogP) is 5.32. The number of methoxy groups -OCH3 is 1. The first kappa shape index (κ1) is 30.6. The largest absolute Gasteiger partial charge is 0.495 e. The third-order valence-corrected chi connectivity index (χ3v) is 8.91. The Morgan fingerprint density at radius 2 is 1.59 bits per heavy atom. The molecule has 0 unspecified atom stereocenters. The molecule has 39 heavy (non-hydrogen) atoms. The van der Waals surface area contributed by atoms with Gasteiger partial charge in [0.15, 0.2) is 0 Å². The van der Waals surface area contributed by atoms with E-state index in [1.807, 2.05) is 6.92 Å². The van der Waals surface area contributed by atoms with Crippen LogP contribution in [0.4, 0.5) is 5.69 Å². The van der Waals surface area contributed by atoms with Crippen LogP contribution in [-0.2, 0) is 26.2 Å². The number of halogens is 3. The van der Waals surface area contributed by atoms with Gasteiger partial charge in [0.1, 0.15) is 18.3 Å². The number of hydrogen-bond donors (Lipinski definition) is 1. The van der Waals surface area contributed by atoms with Crippen LogP contribution in [0.25, 0.3) is 0 Å². The first-order valence-electron chi connectivity index (χ1n) is 11.8. The van der Waals surface area contributed by atoms with Crippen molar-refractivity contribution in [1.29, 1.82) is 0 Å². The second-order valence-electron chi connectivity index (χ2n) is 8.66. The van der Waals surface area contributed by atoms with E-state index >= 15 is 0 Å². The number of nitrogens with zero attached hydrogens (tertiary/aromatic N) is 2. The van der Waals surface area contributed by atoms with Gasteiger partial charge in [-0.15, -0.1) is 0 Å². The number of ether oxygens (including phenoxy) is 1. The molecule has 0 spiro atoms. The molecule has 8 nitrogen and oxygen atoms in total. The number of likely N-dealkylation sites (N-methyl/N-ethyl adjacent to an activating group) is 1. The first-order valence-corrected chi connectivity index (χ1v) is 14.3. The Balaban J connectivity index is 2.10. The zero-order valence-corrected chi connectivity index (χ0v) is 24.8. The number of aryl methyl sites for hydroxylation is 1. The van der Waals surface area contributed by atoms with Crippen LogP contribution >= 0.6 is 34.8 Å².